The number of rotatable bonds is 3. The molecule has 0 saturated carbocycles. The Morgan fingerprint density at radius 1 is 1.07 bits per heavy atom. The lowest BCUT2D eigenvalue weighted by Gasteiger charge is -2.19. The second-order valence-corrected chi connectivity index (χ2v) is 8.41. The van der Waals surface area contributed by atoms with Gasteiger partial charge in [0.05, 0.1) is 10.7 Å². The average Bonchev–Trinajstić information content (AvgIpc) is 3.02. The number of fused-ring (bicyclic) bond motifs is 1. The van der Waals surface area contributed by atoms with Crippen LogP contribution in [-0.2, 0) is 5.41 Å². The minimum absolute atomic E-state index is 0.0256. The number of H-pyrrole nitrogens is 1. The van der Waals surface area contributed by atoms with Crippen molar-refractivity contribution in [2.24, 2.45) is 5.73 Å². The molecular formula is C22H20ClN5O2. The highest BCUT2D eigenvalue weighted by Gasteiger charge is 2.21. The van der Waals surface area contributed by atoms with E-state index in [9.17, 15) is 9.59 Å². The molecule has 0 aliphatic carbocycles. The van der Waals surface area contributed by atoms with Crippen molar-refractivity contribution in [3.63, 3.8) is 0 Å². The first-order chi connectivity index (χ1) is 14.2. The third-order valence-corrected chi connectivity index (χ3v) is 5.21. The first-order valence-corrected chi connectivity index (χ1v) is 9.73. The van der Waals surface area contributed by atoms with Crippen molar-refractivity contribution in [3.8, 4) is 17.1 Å². The van der Waals surface area contributed by atoms with Gasteiger partial charge < -0.3 is 10.7 Å². The number of halogens is 1. The Hall–Kier alpha value is -3.45. The summed E-state index contributed by atoms with van der Waals surface area (Å²) in [5, 5.41) is 0.422. The third kappa shape index (κ3) is 3.37. The Morgan fingerprint density at radius 2 is 1.73 bits per heavy atom. The number of nitrogens with one attached hydrogen (secondary N) is 1. The standard InChI is InChI=1S/C22H20ClN5O2/c1-22(2,3)12-8-10-13(11-9-12)28-20-17(26-21(28)30)16(18(24)29)25-19(27-20)14-6-4-5-7-15(14)23/h4-11H,1-3H3,(H2,24,29)(H,26,30). The minimum atomic E-state index is -0.771. The zero-order chi connectivity index (χ0) is 21.6. The molecule has 0 radical (unpaired) electrons. The van der Waals surface area contributed by atoms with E-state index >= 15 is 0 Å². The van der Waals surface area contributed by atoms with Crippen LogP contribution in [0.4, 0.5) is 0 Å². The van der Waals surface area contributed by atoms with Crippen LogP contribution in [0, 0.1) is 0 Å². The molecule has 0 aliphatic rings. The van der Waals surface area contributed by atoms with E-state index in [1.54, 1.807) is 24.3 Å². The molecule has 3 N–H and O–H groups in total. The molecule has 0 bridgehead atoms. The molecule has 0 aliphatic heterocycles. The van der Waals surface area contributed by atoms with Gasteiger partial charge in [0.15, 0.2) is 17.2 Å². The molecule has 0 fully saturated rings. The first-order valence-electron chi connectivity index (χ1n) is 9.35. The van der Waals surface area contributed by atoms with Gasteiger partial charge in [0.25, 0.3) is 5.91 Å². The summed E-state index contributed by atoms with van der Waals surface area (Å²) >= 11 is 6.29. The van der Waals surface area contributed by atoms with Crippen molar-refractivity contribution >= 4 is 28.7 Å². The largest absolute Gasteiger partial charge is 0.364 e. The van der Waals surface area contributed by atoms with Crippen LogP contribution in [0.25, 0.3) is 28.2 Å². The van der Waals surface area contributed by atoms with Crippen molar-refractivity contribution in [1.29, 1.82) is 0 Å². The lowest BCUT2D eigenvalue weighted by Crippen LogP contribution is -2.16. The summed E-state index contributed by atoms with van der Waals surface area (Å²) < 4.78 is 1.40. The van der Waals surface area contributed by atoms with Crippen molar-refractivity contribution in [3.05, 3.63) is 75.3 Å². The molecule has 0 spiro atoms. The Labute approximate surface area is 177 Å². The number of hydrogen-bond donors (Lipinski definition) is 2. The summed E-state index contributed by atoms with van der Waals surface area (Å²) in [5.41, 5.74) is 7.70. The number of nitrogens with zero attached hydrogens (tertiary/aromatic N) is 3. The second-order valence-electron chi connectivity index (χ2n) is 8.00. The fourth-order valence-corrected chi connectivity index (χ4v) is 3.50. The van der Waals surface area contributed by atoms with Crippen LogP contribution in [0.2, 0.25) is 5.02 Å². The predicted octanol–water partition coefficient (Wildman–Crippen LogP) is 3.83. The van der Waals surface area contributed by atoms with Gasteiger partial charge in [0.1, 0.15) is 5.52 Å². The van der Waals surface area contributed by atoms with Gasteiger partial charge in [-0.2, -0.15) is 0 Å². The monoisotopic (exact) mass is 421 g/mol. The molecule has 0 atom stereocenters. The van der Waals surface area contributed by atoms with E-state index in [1.165, 1.54) is 4.57 Å². The highest BCUT2D eigenvalue weighted by molar-refractivity contribution is 6.33. The summed E-state index contributed by atoms with van der Waals surface area (Å²) in [6.07, 6.45) is 0. The number of carbonyl (C=O) groups excluding carboxylic acids is 1. The van der Waals surface area contributed by atoms with Crippen LogP contribution < -0.4 is 11.4 Å². The van der Waals surface area contributed by atoms with Gasteiger partial charge in [-0.1, -0.05) is 56.6 Å². The minimum Gasteiger partial charge on any atom is -0.364 e. The Bertz CT molecular complexity index is 1330. The summed E-state index contributed by atoms with van der Waals surface area (Å²) in [6.45, 7) is 6.34. The van der Waals surface area contributed by atoms with E-state index in [2.05, 4.69) is 35.7 Å². The van der Waals surface area contributed by atoms with Crippen LogP contribution >= 0.6 is 11.6 Å². The quantitative estimate of drug-likeness (QED) is 0.524. The number of benzene rings is 2. The molecule has 2 aromatic heterocycles. The Kier molecular flexibility index (Phi) is 4.70. The van der Waals surface area contributed by atoms with E-state index in [-0.39, 0.29) is 28.1 Å². The van der Waals surface area contributed by atoms with E-state index in [0.717, 1.165) is 5.56 Å². The molecule has 2 heterocycles. The Balaban J connectivity index is 2.00. The number of carbonyl (C=O) groups is 1. The lowest BCUT2D eigenvalue weighted by molar-refractivity contribution is 0.0997. The summed E-state index contributed by atoms with van der Waals surface area (Å²) in [4.78, 5) is 36.3. The highest BCUT2D eigenvalue weighted by Crippen LogP contribution is 2.28. The van der Waals surface area contributed by atoms with Crippen LogP contribution in [0.5, 0.6) is 0 Å². The number of amides is 1. The molecule has 30 heavy (non-hydrogen) atoms. The van der Waals surface area contributed by atoms with Crippen molar-refractivity contribution < 1.29 is 4.79 Å². The molecule has 8 heteroatoms. The van der Waals surface area contributed by atoms with Crippen LogP contribution in [0.15, 0.2) is 53.3 Å². The van der Waals surface area contributed by atoms with Crippen LogP contribution in [-0.4, -0.2) is 25.4 Å². The first kappa shape index (κ1) is 19.8. The number of aromatic amines is 1. The molecule has 0 saturated heterocycles. The number of aromatic nitrogens is 4. The summed E-state index contributed by atoms with van der Waals surface area (Å²) in [7, 11) is 0. The maximum atomic E-state index is 12.8. The van der Waals surface area contributed by atoms with E-state index < -0.39 is 11.6 Å². The van der Waals surface area contributed by atoms with Gasteiger partial charge in [-0.05, 0) is 35.2 Å². The fraction of sp³-hybridized carbons (Fsp3) is 0.182. The van der Waals surface area contributed by atoms with Crippen LogP contribution in [0.3, 0.4) is 0 Å². The molecule has 0 unspecified atom stereocenters. The molecule has 152 valence electrons. The average molecular weight is 422 g/mol. The molecule has 1 amide bonds. The fourth-order valence-electron chi connectivity index (χ4n) is 3.28. The van der Waals surface area contributed by atoms with Crippen molar-refractivity contribution in [2.75, 3.05) is 0 Å². The zero-order valence-electron chi connectivity index (χ0n) is 16.7. The van der Waals surface area contributed by atoms with Crippen molar-refractivity contribution in [2.45, 2.75) is 26.2 Å². The van der Waals surface area contributed by atoms with E-state index in [0.29, 0.717) is 16.3 Å². The SMILES string of the molecule is CC(C)(C)c1ccc(-n2c(=O)[nH]c3c(C(N)=O)nc(-c4ccccc4Cl)nc32)cc1. The number of primary amides is 1. The maximum absolute atomic E-state index is 12.8. The van der Waals surface area contributed by atoms with Gasteiger partial charge in [-0.15, -0.1) is 0 Å². The number of nitrogens with two attached hydrogens (primary N) is 1. The van der Waals surface area contributed by atoms with Gasteiger partial charge in [-0.3, -0.25) is 4.79 Å². The zero-order valence-corrected chi connectivity index (χ0v) is 17.5. The van der Waals surface area contributed by atoms with Gasteiger partial charge >= 0.3 is 5.69 Å². The third-order valence-electron chi connectivity index (χ3n) is 4.88. The summed E-state index contributed by atoms with van der Waals surface area (Å²) in [6, 6.07) is 14.6. The molecule has 4 rings (SSSR count). The van der Waals surface area contributed by atoms with Crippen LogP contribution in [0.1, 0.15) is 36.8 Å². The molecule has 4 aromatic rings. The van der Waals surface area contributed by atoms with Gasteiger partial charge in [-0.25, -0.2) is 19.3 Å². The smallest absolute Gasteiger partial charge is 0.332 e. The molecular weight excluding hydrogens is 402 g/mol. The maximum Gasteiger partial charge on any atom is 0.332 e. The van der Waals surface area contributed by atoms with E-state index in [4.69, 9.17) is 17.3 Å². The number of imidazole rings is 1. The second kappa shape index (κ2) is 7.11. The Morgan fingerprint density at radius 3 is 2.33 bits per heavy atom. The topological polar surface area (TPSA) is 107 Å². The van der Waals surface area contributed by atoms with Crippen molar-refractivity contribution in [1.82, 2.24) is 19.5 Å². The van der Waals surface area contributed by atoms with Gasteiger partial charge in [0, 0.05) is 5.56 Å². The highest BCUT2D eigenvalue weighted by atomic mass is 35.5. The van der Waals surface area contributed by atoms with E-state index in [1.807, 2.05) is 24.3 Å². The normalized spacial score (nSPS) is 11.7. The molecule has 7 nitrogen and oxygen atoms in total. The van der Waals surface area contributed by atoms with Gasteiger partial charge in [0.2, 0.25) is 0 Å². The lowest BCUT2D eigenvalue weighted by atomic mass is 9.87. The predicted molar refractivity (Wildman–Crippen MR) is 117 cm³/mol. The summed E-state index contributed by atoms with van der Waals surface area (Å²) in [5.74, 6) is -0.562. The number of hydrogen-bond acceptors (Lipinski definition) is 4. The molecule has 2 aromatic carbocycles.